The molecule has 5 heteroatoms. The topological polar surface area (TPSA) is 55.6 Å². The van der Waals surface area contributed by atoms with Gasteiger partial charge >= 0.3 is 0 Å². The van der Waals surface area contributed by atoms with Gasteiger partial charge in [-0.3, -0.25) is 0 Å². The second-order valence-electron chi connectivity index (χ2n) is 4.87. The fourth-order valence-electron chi connectivity index (χ4n) is 1.68. The molecule has 0 spiro atoms. The first-order chi connectivity index (χ1) is 8.66. The molecule has 0 amide bonds. The third kappa shape index (κ3) is 3.13. The highest BCUT2D eigenvalue weighted by Crippen LogP contribution is 2.09. The Balaban J connectivity index is 2.10. The van der Waals surface area contributed by atoms with E-state index in [9.17, 15) is 0 Å². The first kappa shape index (κ1) is 12.7. The molecule has 0 atom stereocenters. The highest BCUT2D eigenvalue weighted by Gasteiger charge is 2.07. The molecular weight excluding hydrogens is 226 g/mol. The summed E-state index contributed by atoms with van der Waals surface area (Å²) >= 11 is 0. The van der Waals surface area contributed by atoms with Gasteiger partial charge in [-0.25, -0.2) is 0 Å². The van der Waals surface area contributed by atoms with E-state index >= 15 is 0 Å². The van der Waals surface area contributed by atoms with Gasteiger partial charge in [-0.15, -0.1) is 5.10 Å². The van der Waals surface area contributed by atoms with Gasteiger partial charge < -0.3 is 5.32 Å². The molecule has 0 aliphatic carbocycles. The number of hydrogen-bond donors (Lipinski definition) is 1. The molecule has 0 radical (unpaired) electrons. The minimum Gasteiger partial charge on any atom is -0.310 e. The Bertz CT molecular complexity index is 486. The van der Waals surface area contributed by atoms with Crippen LogP contribution in [0.2, 0.25) is 0 Å². The van der Waals surface area contributed by atoms with Gasteiger partial charge in [0.2, 0.25) is 0 Å². The number of nitrogens with one attached hydrogen (secondary N) is 1. The molecule has 18 heavy (non-hydrogen) atoms. The summed E-state index contributed by atoms with van der Waals surface area (Å²) < 4.78 is 1.77. The summed E-state index contributed by atoms with van der Waals surface area (Å²) in [7, 11) is 0. The van der Waals surface area contributed by atoms with Gasteiger partial charge in [-0.05, 0) is 41.9 Å². The summed E-state index contributed by atoms with van der Waals surface area (Å²) in [6, 6.07) is 8.17. The lowest BCUT2D eigenvalue weighted by atomic mass is 10.2. The molecule has 0 aliphatic rings. The van der Waals surface area contributed by atoms with Crippen LogP contribution in [0.4, 0.5) is 0 Å². The molecule has 1 heterocycles. The second kappa shape index (κ2) is 5.73. The number of tetrazole rings is 1. The Kier molecular flexibility index (Phi) is 4.04. The van der Waals surface area contributed by atoms with Crippen molar-refractivity contribution in [2.24, 2.45) is 5.92 Å². The maximum absolute atomic E-state index is 4.05. The zero-order chi connectivity index (χ0) is 13.0. The Hall–Kier alpha value is -1.75. The van der Waals surface area contributed by atoms with Crippen molar-refractivity contribution in [2.75, 3.05) is 6.54 Å². The van der Waals surface area contributed by atoms with E-state index in [-0.39, 0.29) is 0 Å². The molecular formula is C13H19N5. The molecule has 1 N–H and O–H groups in total. The van der Waals surface area contributed by atoms with Crippen LogP contribution >= 0.6 is 0 Å². The first-order valence-corrected chi connectivity index (χ1v) is 6.22. The lowest BCUT2D eigenvalue weighted by Gasteiger charge is -2.08. The van der Waals surface area contributed by atoms with Crippen LogP contribution < -0.4 is 5.32 Å². The van der Waals surface area contributed by atoms with E-state index in [2.05, 4.69) is 53.7 Å². The van der Waals surface area contributed by atoms with E-state index in [1.807, 2.05) is 12.1 Å². The van der Waals surface area contributed by atoms with Crippen LogP contribution in [-0.4, -0.2) is 26.8 Å². The highest BCUT2D eigenvalue weighted by molar-refractivity contribution is 5.33. The molecule has 0 saturated heterocycles. The molecule has 1 aromatic carbocycles. The monoisotopic (exact) mass is 245 g/mol. The van der Waals surface area contributed by atoms with Crippen molar-refractivity contribution >= 4 is 0 Å². The van der Waals surface area contributed by atoms with Crippen molar-refractivity contribution in [2.45, 2.75) is 27.3 Å². The molecule has 96 valence electrons. The smallest absolute Gasteiger partial charge is 0.170 e. The van der Waals surface area contributed by atoms with Gasteiger partial charge in [0.25, 0.3) is 0 Å². The standard InChI is InChI=1S/C13H19N5/c1-10(2)8-14-9-13-15-16-17-18(13)12-6-4-11(3)5-7-12/h4-7,10,14H,8-9H2,1-3H3. The first-order valence-electron chi connectivity index (χ1n) is 6.22. The molecule has 5 nitrogen and oxygen atoms in total. The summed E-state index contributed by atoms with van der Waals surface area (Å²) in [4.78, 5) is 0. The average Bonchev–Trinajstić information content (AvgIpc) is 2.78. The molecule has 0 saturated carbocycles. The van der Waals surface area contributed by atoms with Gasteiger partial charge in [0.05, 0.1) is 12.2 Å². The third-order valence-electron chi connectivity index (χ3n) is 2.65. The number of rotatable bonds is 5. The zero-order valence-corrected chi connectivity index (χ0v) is 11.1. The summed E-state index contributed by atoms with van der Waals surface area (Å²) in [6.45, 7) is 8.06. The molecule has 2 rings (SSSR count). The van der Waals surface area contributed by atoms with Crippen molar-refractivity contribution in [3.05, 3.63) is 35.7 Å². The zero-order valence-electron chi connectivity index (χ0n) is 11.1. The van der Waals surface area contributed by atoms with Crippen LogP contribution in [0.1, 0.15) is 25.2 Å². The van der Waals surface area contributed by atoms with E-state index in [1.165, 1.54) is 5.56 Å². The van der Waals surface area contributed by atoms with Gasteiger partial charge in [-0.2, -0.15) is 4.68 Å². The Morgan fingerprint density at radius 3 is 2.61 bits per heavy atom. The van der Waals surface area contributed by atoms with Crippen molar-refractivity contribution in [3.8, 4) is 5.69 Å². The van der Waals surface area contributed by atoms with Gasteiger partial charge in [0.15, 0.2) is 5.82 Å². The van der Waals surface area contributed by atoms with Crippen molar-refractivity contribution in [1.29, 1.82) is 0 Å². The highest BCUT2D eigenvalue weighted by atomic mass is 15.5. The van der Waals surface area contributed by atoms with Crippen LogP contribution in [0.3, 0.4) is 0 Å². The van der Waals surface area contributed by atoms with E-state index in [0.717, 1.165) is 18.1 Å². The number of benzene rings is 1. The van der Waals surface area contributed by atoms with E-state index in [4.69, 9.17) is 0 Å². The Morgan fingerprint density at radius 1 is 1.22 bits per heavy atom. The quantitative estimate of drug-likeness (QED) is 0.871. The number of aryl methyl sites for hydroxylation is 1. The van der Waals surface area contributed by atoms with Crippen molar-refractivity contribution < 1.29 is 0 Å². The van der Waals surface area contributed by atoms with Gasteiger partial charge in [-0.1, -0.05) is 31.5 Å². The normalized spacial score (nSPS) is 11.1. The maximum atomic E-state index is 4.05. The SMILES string of the molecule is Cc1ccc(-n2nnnc2CNCC(C)C)cc1. The van der Waals surface area contributed by atoms with Crippen LogP contribution in [-0.2, 0) is 6.54 Å². The predicted octanol–water partition coefficient (Wildman–Crippen LogP) is 1.72. The molecule has 0 aliphatic heterocycles. The Morgan fingerprint density at radius 2 is 1.94 bits per heavy atom. The lowest BCUT2D eigenvalue weighted by Crippen LogP contribution is -2.21. The second-order valence-corrected chi connectivity index (χ2v) is 4.87. The predicted molar refractivity (Wildman–Crippen MR) is 70.4 cm³/mol. The minimum atomic E-state index is 0.619. The van der Waals surface area contributed by atoms with Crippen LogP contribution in [0.5, 0.6) is 0 Å². The van der Waals surface area contributed by atoms with Crippen LogP contribution in [0.15, 0.2) is 24.3 Å². The molecule has 0 bridgehead atoms. The fraction of sp³-hybridized carbons (Fsp3) is 0.462. The average molecular weight is 245 g/mol. The summed E-state index contributed by atoms with van der Waals surface area (Å²) in [6.07, 6.45) is 0. The third-order valence-corrected chi connectivity index (χ3v) is 2.65. The van der Waals surface area contributed by atoms with E-state index in [0.29, 0.717) is 12.5 Å². The minimum absolute atomic E-state index is 0.619. The molecule has 2 aromatic rings. The van der Waals surface area contributed by atoms with Crippen LogP contribution in [0, 0.1) is 12.8 Å². The largest absolute Gasteiger partial charge is 0.310 e. The number of aromatic nitrogens is 4. The van der Waals surface area contributed by atoms with Gasteiger partial charge in [0, 0.05) is 0 Å². The molecule has 1 aromatic heterocycles. The summed E-state index contributed by atoms with van der Waals surface area (Å²) in [5.74, 6) is 1.45. The number of hydrogen-bond acceptors (Lipinski definition) is 4. The van der Waals surface area contributed by atoms with E-state index < -0.39 is 0 Å². The lowest BCUT2D eigenvalue weighted by molar-refractivity contribution is 0.537. The van der Waals surface area contributed by atoms with E-state index in [1.54, 1.807) is 4.68 Å². The van der Waals surface area contributed by atoms with Crippen molar-refractivity contribution in [3.63, 3.8) is 0 Å². The van der Waals surface area contributed by atoms with Crippen molar-refractivity contribution in [1.82, 2.24) is 25.5 Å². The molecule has 0 unspecified atom stereocenters. The van der Waals surface area contributed by atoms with Gasteiger partial charge in [0.1, 0.15) is 0 Å². The Labute approximate surface area is 107 Å². The van der Waals surface area contributed by atoms with Crippen LogP contribution in [0.25, 0.3) is 5.69 Å². The maximum Gasteiger partial charge on any atom is 0.170 e. The molecule has 0 fully saturated rings. The summed E-state index contributed by atoms with van der Waals surface area (Å²) in [5.41, 5.74) is 2.22. The fourth-order valence-corrected chi connectivity index (χ4v) is 1.68. The summed E-state index contributed by atoms with van der Waals surface area (Å²) in [5, 5.41) is 15.2. The number of nitrogens with zero attached hydrogens (tertiary/aromatic N) is 4.